The average Bonchev–Trinajstić information content (AvgIpc) is 2.50. The van der Waals surface area contributed by atoms with E-state index in [-0.39, 0.29) is 0 Å². The van der Waals surface area contributed by atoms with E-state index in [1.807, 2.05) is 0 Å². The third kappa shape index (κ3) is 0.214. The Morgan fingerprint density at radius 2 is 2.33 bits per heavy atom. The molecule has 2 bridgehead atoms. The molecule has 4 rings (SSSR count). The molecule has 2 atom stereocenters. The maximum Gasteiger partial charge on any atom is 0.141 e. The van der Waals surface area contributed by atoms with Crippen LogP contribution < -0.4 is 0 Å². The molecule has 0 aromatic rings. The van der Waals surface area contributed by atoms with Crippen LogP contribution in [0.5, 0.6) is 0 Å². The van der Waals surface area contributed by atoms with Gasteiger partial charge in [0.25, 0.3) is 0 Å². The SMILES string of the molecule is COCC12C3C(=O)C1C32. The first-order chi connectivity index (χ1) is 4.34. The van der Waals surface area contributed by atoms with E-state index >= 15 is 0 Å². The minimum absolute atomic E-state index is 0.422. The fourth-order valence-corrected chi connectivity index (χ4v) is 2.63. The van der Waals surface area contributed by atoms with Crippen LogP contribution in [0.25, 0.3) is 0 Å². The molecule has 4 aliphatic carbocycles. The summed E-state index contributed by atoms with van der Waals surface area (Å²) in [6.07, 6.45) is 0. The van der Waals surface area contributed by atoms with Crippen LogP contribution in [-0.4, -0.2) is 19.5 Å². The third-order valence-electron chi connectivity index (χ3n) is 3.29. The number of methoxy groups -OCH3 is 1. The maximum absolute atomic E-state index is 10.7. The molecule has 0 N–H and O–H groups in total. The first-order valence-corrected chi connectivity index (χ1v) is 3.36. The van der Waals surface area contributed by atoms with Crippen molar-refractivity contribution in [3.05, 3.63) is 0 Å². The summed E-state index contributed by atoms with van der Waals surface area (Å²) < 4.78 is 5.01. The minimum atomic E-state index is 0.422. The maximum atomic E-state index is 10.7. The van der Waals surface area contributed by atoms with E-state index < -0.39 is 0 Å². The van der Waals surface area contributed by atoms with Crippen molar-refractivity contribution < 1.29 is 9.53 Å². The van der Waals surface area contributed by atoms with Crippen LogP contribution in [0, 0.1) is 23.2 Å². The van der Waals surface area contributed by atoms with E-state index in [1.165, 1.54) is 0 Å². The highest BCUT2D eigenvalue weighted by molar-refractivity contribution is 6.08. The lowest BCUT2D eigenvalue weighted by molar-refractivity contribution is -0.137. The van der Waals surface area contributed by atoms with E-state index in [0.29, 0.717) is 23.0 Å². The molecular formula is C7H8O2. The van der Waals surface area contributed by atoms with Gasteiger partial charge in [-0.05, 0) is 5.92 Å². The fraction of sp³-hybridized carbons (Fsp3) is 0.857. The highest BCUT2D eigenvalue weighted by Crippen LogP contribution is 2.94. The lowest BCUT2D eigenvalue weighted by Gasteiger charge is -2.28. The fourth-order valence-electron chi connectivity index (χ4n) is 2.63. The summed E-state index contributed by atoms with van der Waals surface area (Å²) in [6, 6.07) is 0. The van der Waals surface area contributed by atoms with Crippen LogP contribution in [0.15, 0.2) is 0 Å². The summed E-state index contributed by atoms with van der Waals surface area (Å²) in [5, 5.41) is 0. The quantitative estimate of drug-likeness (QED) is 0.521. The summed E-state index contributed by atoms with van der Waals surface area (Å²) in [4.78, 5) is 10.7. The molecule has 4 fully saturated rings. The topological polar surface area (TPSA) is 26.3 Å². The molecule has 2 heteroatoms. The number of carbonyl (C=O) groups excluding carboxylic acids is 1. The van der Waals surface area contributed by atoms with Crippen molar-refractivity contribution in [1.29, 1.82) is 0 Å². The molecule has 0 aliphatic heterocycles. The van der Waals surface area contributed by atoms with Gasteiger partial charge in [0.05, 0.1) is 6.61 Å². The lowest BCUT2D eigenvalue weighted by atomic mass is 9.75. The van der Waals surface area contributed by atoms with Gasteiger partial charge in [-0.1, -0.05) is 0 Å². The van der Waals surface area contributed by atoms with E-state index in [2.05, 4.69) is 0 Å². The van der Waals surface area contributed by atoms with Gasteiger partial charge in [0.2, 0.25) is 0 Å². The van der Waals surface area contributed by atoms with Crippen LogP contribution in [-0.2, 0) is 9.53 Å². The van der Waals surface area contributed by atoms with Crippen molar-refractivity contribution in [2.75, 3.05) is 13.7 Å². The van der Waals surface area contributed by atoms with Crippen molar-refractivity contribution >= 4 is 5.78 Å². The first kappa shape index (κ1) is 4.45. The molecule has 2 unspecified atom stereocenters. The number of Topliss-reactive ketones (excluding diaryl/α,β-unsaturated/α-hetero) is 1. The van der Waals surface area contributed by atoms with Gasteiger partial charge in [-0.3, -0.25) is 4.79 Å². The Labute approximate surface area is 53.2 Å². The van der Waals surface area contributed by atoms with Gasteiger partial charge < -0.3 is 4.74 Å². The van der Waals surface area contributed by atoms with Crippen molar-refractivity contribution in [1.82, 2.24) is 0 Å². The molecule has 4 aliphatic rings. The predicted octanol–water partition coefficient (Wildman–Crippen LogP) is 0.0777. The van der Waals surface area contributed by atoms with Gasteiger partial charge in [-0.15, -0.1) is 0 Å². The normalized spacial score (nSPS) is 64.6. The van der Waals surface area contributed by atoms with Crippen LogP contribution in [0.3, 0.4) is 0 Å². The molecule has 0 aromatic carbocycles. The van der Waals surface area contributed by atoms with E-state index in [9.17, 15) is 4.79 Å². The number of hydrogen-bond donors (Lipinski definition) is 0. The number of ketones is 1. The monoisotopic (exact) mass is 124 g/mol. The summed E-state index contributed by atoms with van der Waals surface area (Å²) in [6.45, 7) is 0.832. The van der Waals surface area contributed by atoms with Gasteiger partial charge in [0, 0.05) is 24.4 Å². The second-order valence-electron chi connectivity index (χ2n) is 3.43. The van der Waals surface area contributed by atoms with Gasteiger partial charge in [0.15, 0.2) is 0 Å². The zero-order valence-electron chi connectivity index (χ0n) is 5.26. The zero-order chi connectivity index (χ0) is 6.22. The number of rotatable bonds is 2. The molecule has 9 heavy (non-hydrogen) atoms. The number of carbonyl (C=O) groups is 1. The highest BCUT2D eigenvalue weighted by Gasteiger charge is 3.00. The molecular weight excluding hydrogens is 116 g/mol. The molecule has 4 saturated carbocycles. The van der Waals surface area contributed by atoms with Gasteiger partial charge in [-0.2, -0.15) is 0 Å². The van der Waals surface area contributed by atoms with Crippen molar-refractivity contribution in [2.45, 2.75) is 0 Å². The summed E-state index contributed by atoms with van der Waals surface area (Å²) in [7, 11) is 1.71. The average molecular weight is 124 g/mol. The minimum Gasteiger partial charge on any atom is -0.384 e. The van der Waals surface area contributed by atoms with Gasteiger partial charge in [-0.25, -0.2) is 0 Å². The molecule has 0 spiro atoms. The Morgan fingerprint density at radius 1 is 1.67 bits per heavy atom. The smallest absolute Gasteiger partial charge is 0.141 e. The summed E-state index contributed by atoms with van der Waals surface area (Å²) in [5.74, 6) is 2.21. The van der Waals surface area contributed by atoms with E-state index in [4.69, 9.17) is 4.74 Å². The molecule has 0 radical (unpaired) electrons. The van der Waals surface area contributed by atoms with Crippen LogP contribution in [0.4, 0.5) is 0 Å². The second kappa shape index (κ2) is 0.870. The van der Waals surface area contributed by atoms with Crippen molar-refractivity contribution in [3.8, 4) is 0 Å². The Bertz CT molecular complexity index is 195. The Balaban J connectivity index is 1.81. The van der Waals surface area contributed by atoms with Crippen LogP contribution in [0.2, 0.25) is 0 Å². The standard InChI is InChI=1S/C7H8O2/c1-9-2-7-3-4(7)6(8)5(3)7/h3-5H,2H2,1H3. The Hall–Kier alpha value is -0.370. The van der Waals surface area contributed by atoms with Crippen molar-refractivity contribution in [3.63, 3.8) is 0 Å². The number of hydrogen-bond acceptors (Lipinski definition) is 2. The largest absolute Gasteiger partial charge is 0.384 e. The lowest BCUT2D eigenvalue weighted by Crippen LogP contribution is -2.39. The van der Waals surface area contributed by atoms with E-state index in [0.717, 1.165) is 12.5 Å². The van der Waals surface area contributed by atoms with E-state index in [1.54, 1.807) is 7.11 Å². The Morgan fingerprint density at radius 3 is 2.67 bits per heavy atom. The third-order valence-corrected chi connectivity index (χ3v) is 3.29. The first-order valence-electron chi connectivity index (χ1n) is 3.36. The van der Waals surface area contributed by atoms with Crippen LogP contribution >= 0.6 is 0 Å². The predicted molar refractivity (Wildman–Crippen MR) is 29.8 cm³/mol. The Kier molecular flexibility index (Phi) is 0.430. The van der Waals surface area contributed by atoms with Gasteiger partial charge >= 0.3 is 0 Å². The summed E-state index contributed by atoms with van der Waals surface area (Å²) >= 11 is 0. The number of ether oxygens (including phenoxy) is 1. The molecule has 0 saturated heterocycles. The summed E-state index contributed by atoms with van der Waals surface area (Å²) in [5.41, 5.74) is 0.422. The molecule has 0 heterocycles. The molecule has 48 valence electrons. The van der Waals surface area contributed by atoms with Crippen LogP contribution in [0.1, 0.15) is 0 Å². The zero-order valence-corrected chi connectivity index (χ0v) is 5.26. The molecule has 0 aromatic heterocycles. The molecule has 0 amide bonds. The second-order valence-corrected chi connectivity index (χ2v) is 3.43. The van der Waals surface area contributed by atoms with Crippen molar-refractivity contribution in [2.24, 2.45) is 23.2 Å². The molecule has 2 nitrogen and oxygen atoms in total. The van der Waals surface area contributed by atoms with Gasteiger partial charge in [0.1, 0.15) is 5.78 Å². The highest BCUT2D eigenvalue weighted by atomic mass is 16.5.